The lowest BCUT2D eigenvalue weighted by Gasteiger charge is -2.45. The largest absolute Gasteiger partial charge is 0.368 e. The normalized spacial score (nSPS) is 20.9. The molecule has 1 aromatic carbocycles. The first kappa shape index (κ1) is 17.8. The van der Waals surface area contributed by atoms with Gasteiger partial charge in [0.2, 0.25) is 0 Å². The first-order valence-corrected chi connectivity index (χ1v) is 10.5. The SMILES string of the molecule is Cc1ccc(N2CCN3CCCCC3C2)c(Sc2nc(C)cc(C)n2)c1. The van der Waals surface area contributed by atoms with Crippen molar-refractivity contribution in [3.05, 3.63) is 41.2 Å². The highest BCUT2D eigenvalue weighted by Crippen LogP contribution is 2.36. The summed E-state index contributed by atoms with van der Waals surface area (Å²) in [7, 11) is 0. The molecule has 138 valence electrons. The highest BCUT2D eigenvalue weighted by molar-refractivity contribution is 7.99. The summed E-state index contributed by atoms with van der Waals surface area (Å²) in [6.07, 6.45) is 4.08. The van der Waals surface area contributed by atoms with Crippen molar-refractivity contribution < 1.29 is 0 Å². The van der Waals surface area contributed by atoms with E-state index in [1.54, 1.807) is 11.8 Å². The van der Waals surface area contributed by atoms with Crippen LogP contribution in [-0.4, -0.2) is 47.1 Å². The van der Waals surface area contributed by atoms with Crippen LogP contribution in [0.25, 0.3) is 0 Å². The summed E-state index contributed by atoms with van der Waals surface area (Å²) in [6.45, 7) is 11.0. The Labute approximate surface area is 161 Å². The standard InChI is InChI=1S/C21H28N4S/c1-15-7-8-19(25-11-10-24-9-5-4-6-18(24)14-25)20(12-15)26-21-22-16(2)13-17(3)23-21/h7-8,12-13,18H,4-6,9-11,14H2,1-3H3. The van der Waals surface area contributed by atoms with Crippen LogP contribution in [0.2, 0.25) is 0 Å². The number of aryl methyl sites for hydroxylation is 3. The van der Waals surface area contributed by atoms with Gasteiger partial charge in [0.05, 0.1) is 5.69 Å². The number of piperidine rings is 1. The third kappa shape index (κ3) is 3.89. The number of hydrogen-bond donors (Lipinski definition) is 0. The van der Waals surface area contributed by atoms with Crippen LogP contribution in [0.15, 0.2) is 34.3 Å². The lowest BCUT2D eigenvalue weighted by atomic mass is 9.99. The predicted molar refractivity (Wildman–Crippen MR) is 108 cm³/mol. The molecule has 2 aliphatic heterocycles. The Bertz CT molecular complexity index is 771. The molecule has 0 aliphatic carbocycles. The zero-order valence-electron chi connectivity index (χ0n) is 16.0. The van der Waals surface area contributed by atoms with Gasteiger partial charge < -0.3 is 4.90 Å². The second-order valence-corrected chi connectivity index (χ2v) is 8.65. The number of aromatic nitrogens is 2. The van der Waals surface area contributed by atoms with Gasteiger partial charge in [-0.05, 0) is 75.7 Å². The van der Waals surface area contributed by atoms with E-state index in [1.165, 1.54) is 48.5 Å². The first-order valence-electron chi connectivity index (χ1n) is 9.68. The maximum absolute atomic E-state index is 4.64. The van der Waals surface area contributed by atoms with E-state index in [1.807, 2.05) is 19.9 Å². The first-order chi connectivity index (χ1) is 12.6. The Kier molecular flexibility index (Phi) is 5.18. The Morgan fingerprint density at radius 1 is 0.962 bits per heavy atom. The predicted octanol–water partition coefficient (Wildman–Crippen LogP) is 4.23. The third-order valence-electron chi connectivity index (χ3n) is 5.46. The zero-order valence-corrected chi connectivity index (χ0v) is 16.9. The summed E-state index contributed by atoms with van der Waals surface area (Å²) in [6, 6.07) is 9.56. The van der Waals surface area contributed by atoms with E-state index in [4.69, 9.17) is 0 Å². The van der Waals surface area contributed by atoms with Gasteiger partial charge in [-0.15, -0.1) is 0 Å². The fourth-order valence-corrected chi connectivity index (χ4v) is 5.30. The quantitative estimate of drug-likeness (QED) is 0.757. The van der Waals surface area contributed by atoms with E-state index in [9.17, 15) is 0 Å². The number of benzene rings is 1. The highest BCUT2D eigenvalue weighted by Gasteiger charge is 2.29. The topological polar surface area (TPSA) is 32.3 Å². The molecule has 1 atom stereocenters. The van der Waals surface area contributed by atoms with Gasteiger partial charge in [0.15, 0.2) is 5.16 Å². The Morgan fingerprint density at radius 2 is 1.77 bits per heavy atom. The molecule has 5 heteroatoms. The average molecular weight is 369 g/mol. The van der Waals surface area contributed by atoms with Crippen LogP contribution in [0.5, 0.6) is 0 Å². The van der Waals surface area contributed by atoms with Crippen molar-refractivity contribution in [2.24, 2.45) is 0 Å². The molecule has 3 heterocycles. The van der Waals surface area contributed by atoms with Crippen LogP contribution < -0.4 is 4.90 Å². The minimum absolute atomic E-state index is 0.717. The lowest BCUT2D eigenvalue weighted by Crippen LogP contribution is -2.55. The molecule has 0 amide bonds. The molecular formula is C21H28N4S. The number of fused-ring (bicyclic) bond motifs is 1. The maximum atomic E-state index is 4.64. The van der Waals surface area contributed by atoms with Crippen molar-refractivity contribution in [3.63, 3.8) is 0 Å². The Balaban J connectivity index is 1.60. The average Bonchev–Trinajstić information content (AvgIpc) is 2.60. The Morgan fingerprint density at radius 3 is 2.58 bits per heavy atom. The van der Waals surface area contributed by atoms with Crippen molar-refractivity contribution in [2.75, 3.05) is 31.1 Å². The molecule has 2 aromatic rings. The number of rotatable bonds is 3. The van der Waals surface area contributed by atoms with Crippen LogP contribution in [0.3, 0.4) is 0 Å². The summed E-state index contributed by atoms with van der Waals surface area (Å²) < 4.78 is 0. The fourth-order valence-electron chi connectivity index (χ4n) is 4.18. The summed E-state index contributed by atoms with van der Waals surface area (Å²) >= 11 is 1.70. The van der Waals surface area contributed by atoms with Gasteiger partial charge >= 0.3 is 0 Å². The van der Waals surface area contributed by atoms with Crippen molar-refractivity contribution in [2.45, 2.75) is 56.1 Å². The minimum atomic E-state index is 0.717. The molecule has 0 radical (unpaired) electrons. The smallest absolute Gasteiger partial charge is 0.192 e. The van der Waals surface area contributed by atoms with Crippen LogP contribution in [0.4, 0.5) is 5.69 Å². The fraction of sp³-hybridized carbons (Fsp3) is 0.524. The summed E-state index contributed by atoms with van der Waals surface area (Å²) in [5.41, 5.74) is 4.69. The molecule has 2 saturated heterocycles. The monoisotopic (exact) mass is 368 g/mol. The van der Waals surface area contributed by atoms with Gasteiger partial charge in [-0.1, -0.05) is 12.5 Å². The number of nitrogens with zero attached hydrogens (tertiary/aromatic N) is 4. The summed E-state index contributed by atoms with van der Waals surface area (Å²) in [4.78, 5) is 15.8. The molecular weight excluding hydrogens is 340 g/mol. The highest BCUT2D eigenvalue weighted by atomic mass is 32.2. The molecule has 4 rings (SSSR count). The molecule has 4 nitrogen and oxygen atoms in total. The van der Waals surface area contributed by atoms with E-state index in [0.717, 1.165) is 29.6 Å². The number of piperazine rings is 1. The molecule has 2 fully saturated rings. The van der Waals surface area contributed by atoms with Gasteiger partial charge in [0.25, 0.3) is 0 Å². The lowest BCUT2D eigenvalue weighted by molar-refractivity contribution is 0.133. The van der Waals surface area contributed by atoms with Gasteiger partial charge in [0, 0.05) is 42.0 Å². The van der Waals surface area contributed by atoms with Crippen LogP contribution in [0, 0.1) is 20.8 Å². The Hall–Kier alpha value is -1.59. The zero-order chi connectivity index (χ0) is 18.1. The number of anilines is 1. The summed E-state index contributed by atoms with van der Waals surface area (Å²) in [5.74, 6) is 0. The van der Waals surface area contributed by atoms with Crippen molar-refractivity contribution >= 4 is 17.4 Å². The molecule has 26 heavy (non-hydrogen) atoms. The molecule has 2 aliphatic rings. The van der Waals surface area contributed by atoms with Gasteiger partial charge in [-0.3, -0.25) is 4.90 Å². The van der Waals surface area contributed by atoms with Crippen molar-refractivity contribution in [1.82, 2.24) is 14.9 Å². The van der Waals surface area contributed by atoms with E-state index >= 15 is 0 Å². The van der Waals surface area contributed by atoms with E-state index in [0.29, 0.717) is 6.04 Å². The van der Waals surface area contributed by atoms with Gasteiger partial charge in [0.1, 0.15) is 0 Å². The van der Waals surface area contributed by atoms with Crippen molar-refractivity contribution in [3.8, 4) is 0 Å². The van der Waals surface area contributed by atoms with Gasteiger partial charge in [-0.2, -0.15) is 0 Å². The van der Waals surface area contributed by atoms with Crippen molar-refractivity contribution in [1.29, 1.82) is 0 Å². The molecule has 1 aromatic heterocycles. The molecule has 0 N–H and O–H groups in total. The molecule has 0 saturated carbocycles. The second kappa shape index (κ2) is 7.57. The van der Waals surface area contributed by atoms with Crippen LogP contribution in [0.1, 0.15) is 36.2 Å². The molecule has 0 bridgehead atoms. The molecule has 0 spiro atoms. The maximum Gasteiger partial charge on any atom is 0.192 e. The van der Waals surface area contributed by atoms with E-state index in [-0.39, 0.29) is 0 Å². The van der Waals surface area contributed by atoms with E-state index < -0.39 is 0 Å². The van der Waals surface area contributed by atoms with Crippen LogP contribution >= 0.6 is 11.8 Å². The number of hydrogen-bond acceptors (Lipinski definition) is 5. The van der Waals surface area contributed by atoms with E-state index in [2.05, 4.69) is 44.9 Å². The second-order valence-electron chi connectivity index (χ2n) is 7.64. The molecule has 1 unspecified atom stereocenters. The minimum Gasteiger partial charge on any atom is -0.368 e. The van der Waals surface area contributed by atoms with Gasteiger partial charge in [-0.25, -0.2) is 9.97 Å². The summed E-state index contributed by atoms with van der Waals surface area (Å²) in [5, 5.41) is 0.852. The third-order valence-corrected chi connectivity index (χ3v) is 6.37. The van der Waals surface area contributed by atoms with Crippen LogP contribution in [-0.2, 0) is 0 Å².